The molecule has 1 amide bonds. The maximum Gasteiger partial charge on any atom is 0.494 e. The molecule has 0 radical (unpaired) electrons. The van der Waals surface area contributed by atoms with Gasteiger partial charge in [0.05, 0.1) is 11.2 Å². The summed E-state index contributed by atoms with van der Waals surface area (Å²) in [4.78, 5) is 19.2. The monoisotopic (exact) mass is 500 g/mol. The lowest BCUT2D eigenvalue weighted by Gasteiger charge is -2.36. The Bertz CT molecular complexity index is 932. The fourth-order valence-electron chi connectivity index (χ4n) is 4.95. The molecule has 3 heterocycles. The highest BCUT2D eigenvalue weighted by atomic mass is 16.7. The number of amides is 1. The van der Waals surface area contributed by atoms with Crippen molar-refractivity contribution in [3.8, 4) is 0 Å². The Kier molecular flexibility index (Phi) is 7.69. The van der Waals surface area contributed by atoms with E-state index in [4.69, 9.17) is 14.0 Å². The van der Waals surface area contributed by atoms with Gasteiger partial charge in [0.1, 0.15) is 5.60 Å². The minimum absolute atomic E-state index is 0.220. The Hall–Kier alpha value is -1.81. The van der Waals surface area contributed by atoms with Gasteiger partial charge in [-0.25, -0.2) is 4.79 Å². The maximum absolute atomic E-state index is 12.5. The summed E-state index contributed by atoms with van der Waals surface area (Å²) < 4.78 is 18.4. The molecule has 1 aromatic rings. The zero-order valence-electron chi connectivity index (χ0n) is 23.6. The molecule has 3 aliphatic heterocycles. The summed E-state index contributed by atoms with van der Waals surface area (Å²) in [5.74, 6) is 0. The van der Waals surface area contributed by atoms with Crippen molar-refractivity contribution < 1.29 is 18.8 Å². The Morgan fingerprint density at radius 3 is 2.14 bits per heavy atom. The molecule has 200 valence electrons. The third-order valence-corrected chi connectivity index (χ3v) is 7.91. The van der Waals surface area contributed by atoms with Crippen molar-refractivity contribution in [2.75, 3.05) is 57.3 Å². The summed E-state index contributed by atoms with van der Waals surface area (Å²) in [6.45, 7) is 24.1. The predicted molar refractivity (Wildman–Crippen MR) is 145 cm³/mol. The second kappa shape index (κ2) is 10.2. The first-order chi connectivity index (χ1) is 16.8. The summed E-state index contributed by atoms with van der Waals surface area (Å²) in [6.07, 6.45) is -0.220. The molecule has 3 aliphatic rings. The van der Waals surface area contributed by atoms with E-state index in [0.717, 1.165) is 51.3 Å². The number of anilines is 1. The predicted octanol–water partition coefficient (Wildman–Crippen LogP) is 2.76. The number of nitrogens with one attached hydrogen (secondary N) is 1. The summed E-state index contributed by atoms with van der Waals surface area (Å²) in [5.41, 5.74) is 3.72. The highest BCUT2D eigenvalue weighted by molar-refractivity contribution is 6.62. The van der Waals surface area contributed by atoms with Crippen LogP contribution in [0.4, 0.5) is 10.5 Å². The molecule has 8 nitrogen and oxygen atoms in total. The minimum atomic E-state index is -0.473. The maximum atomic E-state index is 12.5. The van der Waals surface area contributed by atoms with E-state index < -0.39 is 5.60 Å². The normalized spacial score (nSPS) is 22.7. The van der Waals surface area contributed by atoms with Gasteiger partial charge in [0, 0.05) is 64.6 Å². The molecule has 0 atom stereocenters. The third kappa shape index (κ3) is 6.01. The molecule has 0 bridgehead atoms. The smallest absolute Gasteiger partial charge is 0.444 e. The van der Waals surface area contributed by atoms with Crippen molar-refractivity contribution in [2.45, 2.75) is 78.7 Å². The van der Waals surface area contributed by atoms with E-state index in [-0.39, 0.29) is 24.4 Å². The van der Waals surface area contributed by atoms with Crippen molar-refractivity contribution in [2.24, 2.45) is 0 Å². The zero-order chi connectivity index (χ0) is 26.3. The van der Waals surface area contributed by atoms with Crippen LogP contribution < -0.4 is 15.7 Å². The van der Waals surface area contributed by atoms with Gasteiger partial charge in [-0.3, -0.25) is 4.90 Å². The lowest BCUT2D eigenvalue weighted by molar-refractivity contribution is 0.00578. The van der Waals surface area contributed by atoms with E-state index in [9.17, 15) is 4.79 Å². The average Bonchev–Trinajstić information content (AvgIpc) is 3.02. The molecule has 0 aliphatic carbocycles. The van der Waals surface area contributed by atoms with Crippen LogP contribution in [0.15, 0.2) is 12.1 Å². The summed E-state index contributed by atoms with van der Waals surface area (Å²) >= 11 is 0. The van der Waals surface area contributed by atoms with Crippen molar-refractivity contribution >= 4 is 24.4 Å². The van der Waals surface area contributed by atoms with Gasteiger partial charge in [0.25, 0.3) is 0 Å². The van der Waals surface area contributed by atoms with Crippen LogP contribution in [-0.4, -0.2) is 92.2 Å². The highest BCUT2D eigenvalue weighted by Crippen LogP contribution is 2.37. The SMILES string of the molecule is Cc1c(CN2CCN(C(=O)OC(C)(C)C)CC2)cc(B2OC(C)(C)C(C)(C)O2)cc1N1CCNCC1. The van der Waals surface area contributed by atoms with Crippen molar-refractivity contribution in [1.29, 1.82) is 0 Å². The van der Waals surface area contributed by atoms with Gasteiger partial charge in [-0.15, -0.1) is 0 Å². The number of carbonyl (C=O) groups excluding carboxylic acids is 1. The molecule has 3 fully saturated rings. The molecular formula is C27H45BN4O4. The van der Waals surface area contributed by atoms with E-state index in [1.54, 1.807) is 0 Å². The van der Waals surface area contributed by atoms with Crippen LogP contribution in [0.2, 0.25) is 0 Å². The fourth-order valence-corrected chi connectivity index (χ4v) is 4.95. The average molecular weight is 500 g/mol. The first-order valence-corrected chi connectivity index (χ1v) is 13.4. The van der Waals surface area contributed by atoms with Crippen molar-refractivity contribution in [3.05, 3.63) is 23.3 Å². The van der Waals surface area contributed by atoms with Crippen LogP contribution in [0.1, 0.15) is 59.6 Å². The van der Waals surface area contributed by atoms with Gasteiger partial charge in [-0.05, 0) is 78.0 Å². The van der Waals surface area contributed by atoms with Crippen LogP contribution in [0.25, 0.3) is 0 Å². The molecule has 0 aromatic heterocycles. The van der Waals surface area contributed by atoms with E-state index >= 15 is 0 Å². The molecule has 1 N–H and O–H groups in total. The number of piperazine rings is 2. The second-order valence-corrected chi connectivity index (χ2v) is 12.4. The van der Waals surface area contributed by atoms with Crippen molar-refractivity contribution in [3.63, 3.8) is 0 Å². The molecule has 36 heavy (non-hydrogen) atoms. The summed E-state index contributed by atoms with van der Waals surface area (Å²) in [7, 11) is -0.389. The standard InChI is InChI=1S/C27H45BN4O4/c1-20-21(19-30-13-15-32(16-14-30)24(33)34-25(2,3)4)17-22(18-23(20)31-11-9-29-10-12-31)28-35-26(5,6)27(7,8)36-28/h17-18,29H,9-16,19H2,1-8H3. The summed E-state index contributed by atoms with van der Waals surface area (Å²) in [5, 5.41) is 3.46. The largest absolute Gasteiger partial charge is 0.494 e. The number of hydrogen-bond donors (Lipinski definition) is 1. The topological polar surface area (TPSA) is 66.5 Å². The number of hydrogen-bond acceptors (Lipinski definition) is 7. The van der Waals surface area contributed by atoms with Gasteiger partial charge in [0.2, 0.25) is 0 Å². The molecular weight excluding hydrogens is 455 g/mol. The van der Waals surface area contributed by atoms with Crippen LogP contribution in [0, 0.1) is 6.92 Å². The van der Waals surface area contributed by atoms with Gasteiger partial charge in [-0.2, -0.15) is 0 Å². The number of benzene rings is 1. The van der Waals surface area contributed by atoms with Crippen LogP contribution in [0.5, 0.6) is 0 Å². The first-order valence-electron chi connectivity index (χ1n) is 13.4. The Morgan fingerprint density at radius 2 is 1.58 bits per heavy atom. The lowest BCUT2D eigenvalue weighted by atomic mass is 9.77. The number of ether oxygens (including phenoxy) is 1. The third-order valence-electron chi connectivity index (χ3n) is 7.91. The zero-order valence-corrected chi connectivity index (χ0v) is 23.6. The lowest BCUT2D eigenvalue weighted by Crippen LogP contribution is -2.49. The van der Waals surface area contributed by atoms with E-state index in [1.807, 2.05) is 25.7 Å². The van der Waals surface area contributed by atoms with E-state index in [2.05, 4.69) is 61.9 Å². The molecule has 9 heteroatoms. The highest BCUT2D eigenvalue weighted by Gasteiger charge is 2.52. The molecule has 1 aromatic carbocycles. The molecule has 0 spiro atoms. The fraction of sp³-hybridized carbons (Fsp3) is 0.741. The molecule has 3 saturated heterocycles. The Labute approximate surface area is 217 Å². The Morgan fingerprint density at radius 1 is 1.00 bits per heavy atom. The summed E-state index contributed by atoms with van der Waals surface area (Å²) in [6, 6.07) is 4.54. The van der Waals surface area contributed by atoms with Crippen LogP contribution in [-0.2, 0) is 20.6 Å². The second-order valence-electron chi connectivity index (χ2n) is 12.4. The number of rotatable bonds is 4. The van der Waals surface area contributed by atoms with Gasteiger partial charge < -0.3 is 29.2 Å². The number of carbonyl (C=O) groups is 1. The first kappa shape index (κ1) is 27.2. The van der Waals surface area contributed by atoms with Crippen molar-refractivity contribution in [1.82, 2.24) is 15.1 Å². The van der Waals surface area contributed by atoms with E-state index in [0.29, 0.717) is 13.1 Å². The quantitative estimate of drug-likeness (QED) is 0.638. The van der Waals surface area contributed by atoms with Crippen LogP contribution in [0.3, 0.4) is 0 Å². The molecule has 0 saturated carbocycles. The van der Waals surface area contributed by atoms with Crippen LogP contribution >= 0.6 is 0 Å². The van der Waals surface area contributed by atoms with Gasteiger partial charge in [0.15, 0.2) is 0 Å². The van der Waals surface area contributed by atoms with E-state index in [1.165, 1.54) is 16.8 Å². The molecule has 4 rings (SSSR count). The van der Waals surface area contributed by atoms with Gasteiger partial charge >= 0.3 is 13.2 Å². The minimum Gasteiger partial charge on any atom is -0.444 e. The Balaban J connectivity index is 1.53. The molecule has 0 unspecified atom stereocenters. The van der Waals surface area contributed by atoms with Gasteiger partial charge in [-0.1, -0.05) is 6.07 Å². The number of nitrogens with zero attached hydrogens (tertiary/aromatic N) is 3.